The third kappa shape index (κ3) is 3.65. The van der Waals surface area contributed by atoms with Crippen LogP contribution in [-0.4, -0.2) is 35.8 Å². The van der Waals surface area contributed by atoms with Crippen LogP contribution in [-0.2, 0) is 0 Å². The van der Waals surface area contributed by atoms with E-state index in [0.717, 1.165) is 23.9 Å². The van der Waals surface area contributed by atoms with Gasteiger partial charge in [0, 0.05) is 26.2 Å². The molecule has 1 aliphatic rings. The monoisotopic (exact) mass is 295 g/mol. The lowest BCUT2D eigenvalue weighted by Crippen LogP contribution is -2.40. The molecule has 1 aromatic heterocycles. The van der Waals surface area contributed by atoms with Crippen LogP contribution in [0.3, 0.4) is 0 Å². The fourth-order valence-corrected chi connectivity index (χ4v) is 3.59. The Labute approximate surface area is 122 Å². The van der Waals surface area contributed by atoms with Crippen LogP contribution >= 0.6 is 20.7 Å². The Hall–Kier alpha value is -0.700. The maximum Gasteiger partial charge on any atom is 0.186 e. The van der Waals surface area contributed by atoms with Gasteiger partial charge < -0.3 is 4.90 Å². The van der Waals surface area contributed by atoms with E-state index in [1.807, 2.05) is 6.08 Å². The van der Waals surface area contributed by atoms with E-state index in [2.05, 4.69) is 45.6 Å². The molecule has 1 unspecified atom stereocenters. The SMILES string of the molecule is C=C/C=C\c1sc(N(C)C2CCN(P)CC2)nc1C. The van der Waals surface area contributed by atoms with Crippen LogP contribution in [0.2, 0.25) is 0 Å². The lowest BCUT2D eigenvalue weighted by molar-refractivity contribution is 0.338. The van der Waals surface area contributed by atoms with Crippen molar-refractivity contribution in [3.05, 3.63) is 29.3 Å². The van der Waals surface area contributed by atoms with Gasteiger partial charge in [0.05, 0.1) is 10.6 Å². The summed E-state index contributed by atoms with van der Waals surface area (Å²) in [6, 6.07) is 0.610. The number of piperidine rings is 1. The highest BCUT2D eigenvalue weighted by atomic mass is 32.1. The molecule has 0 aliphatic carbocycles. The van der Waals surface area contributed by atoms with Crippen LogP contribution in [0.25, 0.3) is 6.08 Å². The van der Waals surface area contributed by atoms with Crippen molar-refractivity contribution in [1.29, 1.82) is 0 Å². The second-order valence-corrected chi connectivity index (χ2v) is 6.66. The molecule has 0 N–H and O–H groups in total. The number of hydrogen-bond donors (Lipinski definition) is 0. The number of anilines is 1. The van der Waals surface area contributed by atoms with E-state index in [4.69, 9.17) is 4.98 Å². The second-order valence-electron chi connectivity index (χ2n) is 4.92. The number of nitrogens with zero attached hydrogens (tertiary/aromatic N) is 3. The molecule has 1 saturated heterocycles. The Morgan fingerprint density at radius 1 is 1.47 bits per heavy atom. The Morgan fingerprint density at radius 3 is 2.79 bits per heavy atom. The second kappa shape index (κ2) is 6.65. The zero-order valence-electron chi connectivity index (χ0n) is 11.7. The lowest BCUT2D eigenvalue weighted by Gasteiger charge is -2.34. The molecule has 19 heavy (non-hydrogen) atoms. The van der Waals surface area contributed by atoms with Gasteiger partial charge >= 0.3 is 0 Å². The first kappa shape index (κ1) is 14.7. The van der Waals surface area contributed by atoms with Gasteiger partial charge in [0.1, 0.15) is 0 Å². The van der Waals surface area contributed by atoms with Gasteiger partial charge in [-0.25, -0.2) is 4.98 Å². The molecule has 0 bridgehead atoms. The van der Waals surface area contributed by atoms with Gasteiger partial charge in [0.25, 0.3) is 0 Å². The molecule has 1 atom stereocenters. The molecular weight excluding hydrogens is 273 g/mol. The fourth-order valence-electron chi connectivity index (χ4n) is 2.28. The number of hydrogen-bond acceptors (Lipinski definition) is 4. The van der Waals surface area contributed by atoms with Crippen molar-refractivity contribution >= 4 is 31.9 Å². The van der Waals surface area contributed by atoms with E-state index < -0.39 is 0 Å². The van der Waals surface area contributed by atoms with Gasteiger partial charge in [-0.3, -0.25) is 4.67 Å². The molecular formula is C14H22N3PS. The van der Waals surface area contributed by atoms with Crippen LogP contribution in [0.1, 0.15) is 23.4 Å². The fraction of sp³-hybridized carbons (Fsp3) is 0.500. The van der Waals surface area contributed by atoms with Gasteiger partial charge in [0.15, 0.2) is 5.13 Å². The van der Waals surface area contributed by atoms with Crippen LogP contribution < -0.4 is 4.90 Å². The maximum absolute atomic E-state index is 4.70. The van der Waals surface area contributed by atoms with Crippen molar-refractivity contribution in [2.24, 2.45) is 0 Å². The average molecular weight is 295 g/mol. The minimum absolute atomic E-state index is 0.610. The predicted molar refractivity (Wildman–Crippen MR) is 88.8 cm³/mol. The summed E-state index contributed by atoms with van der Waals surface area (Å²) in [5.41, 5.74) is 1.11. The maximum atomic E-state index is 4.70. The summed E-state index contributed by atoms with van der Waals surface area (Å²) in [5, 5.41) is 1.13. The van der Waals surface area contributed by atoms with Crippen molar-refractivity contribution in [3.8, 4) is 0 Å². The molecule has 0 aromatic carbocycles. The highest BCUT2D eigenvalue weighted by Gasteiger charge is 2.23. The molecule has 5 heteroatoms. The molecule has 0 radical (unpaired) electrons. The Balaban J connectivity index is 2.08. The summed E-state index contributed by atoms with van der Waals surface area (Å²) >= 11 is 1.76. The third-order valence-electron chi connectivity index (χ3n) is 3.55. The lowest BCUT2D eigenvalue weighted by atomic mass is 10.1. The van der Waals surface area contributed by atoms with Crippen LogP contribution in [0.5, 0.6) is 0 Å². The van der Waals surface area contributed by atoms with Gasteiger partial charge in [-0.2, -0.15) is 0 Å². The van der Waals surface area contributed by atoms with Crippen molar-refractivity contribution in [1.82, 2.24) is 9.65 Å². The summed E-state index contributed by atoms with van der Waals surface area (Å²) in [7, 11) is 4.97. The van der Waals surface area contributed by atoms with Gasteiger partial charge in [-0.15, -0.1) is 0 Å². The van der Waals surface area contributed by atoms with E-state index in [1.165, 1.54) is 17.7 Å². The minimum atomic E-state index is 0.610. The van der Waals surface area contributed by atoms with E-state index >= 15 is 0 Å². The molecule has 0 spiro atoms. The number of thiazole rings is 1. The van der Waals surface area contributed by atoms with Crippen molar-refractivity contribution in [3.63, 3.8) is 0 Å². The first-order chi connectivity index (χ1) is 9.11. The topological polar surface area (TPSA) is 19.4 Å². The molecule has 3 nitrogen and oxygen atoms in total. The van der Waals surface area contributed by atoms with Crippen molar-refractivity contribution in [2.45, 2.75) is 25.8 Å². The van der Waals surface area contributed by atoms with E-state index in [-0.39, 0.29) is 0 Å². The molecule has 0 amide bonds. The molecule has 0 saturated carbocycles. The Kier molecular flexibility index (Phi) is 5.14. The van der Waals surface area contributed by atoms with Crippen molar-refractivity contribution < 1.29 is 0 Å². The average Bonchev–Trinajstić information content (AvgIpc) is 2.78. The van der Waals surface area contributed by atoms with Gasteiger partial charge in [-0.05, 0) is 25.8 Å². The third-order valence-corrected chi connectivity index (χ3v) is 5.28. The number of aromatic nitrogens is 1. The minimum Gasteiger partial charge on any atom is -0.348 e. The Bertz CT molecular complexity index is 461. The largest absolute Gasteiger partial charge is 0.348 e. The molecule has 1 fully saturated rings. The summed E-state index contributed by atoms with van der Waals surface area (Å²) in [6.07, 6.45) is 8.27. The van der Waals surface area contributed by atoms with E-state index in [9.17, 15) is 0 Å². The molecule has 2 heterocycles. The first-order valence-electron chi connectivity index (χ1n) is 6.61. The molecule has 104 valence electrons. The Morgan fingerprint density at radius 2 is 2.16 bits per heavy atom. The van der Waals surface area contributed by atoms with Crippen LogP contribution in [0, 0.1) is 6.92 Å². The van der Waals surface area contributed by atoms with Crippen LogP contribution in [0.4, 0.5) is 5.13 Å². The summed E-state index contributed by atoms with van der Waals surface area (Å²) in [5.74, 6) is 0. The molecule has 2 rings (SSSR count). The van der Waals surface area contributed by atoms with Crippen molar-refractivity contribution in [2.75, 3.05) is 25.0 Å². The van der Waals surface area contributed by atoms with Crippen LogP contribution in [0.15, 0.2) is 18.7 Å². The molecule has 1 aliphatic heterocycles. The van der Waals surface area contributed by atoms with E-state index in [0.29, 0.717) is 6.04 Å². The quantitative estimate of drug-likeness (QED) is 0.627. The van der Waals surface area contributed by atoms with Gasteiger partial charge in [0.2, 0.25) is 0 Å². The summed E-state index contributed by atoms with van der Waals surface area (Å²) < 4.78 is 2.32. The number of rotatable bonds is 4. The molecule has 1 aromatic rings. The summed E-state index contributed by atoms with van der Waals surface area (Å²) in [4.78, 5) is 8.27. The number of allylic oxidation sites excluding steroid dienone is 2. The summed E-state index contributed by atoms with van der Waals surface area (Å²) in [6.45, 7) is 8.07. The zero-order valence-corrected chi connectivity index (χ0v) is 13.6. The highest BCUT2D eigenvalue weighted by molar-refractivity contribution is 7.16. The zero-order chi connectivity index (χ0) is 13.8. The smallest absolute Gasteiger partial charge is 0.186 e. The van der Waals surface area contributed by atoms with E-state index in [1.54, 1.807) is 17.4 Å². The first-order valence-corrected chi connectivity index (χ1v) is 7.94. The highest BCUT2D eigenvalue weighted by Crippen LogP contribution is 2.30. The predicted octanol–water partition coefficient (Wildman–Crippen LogP) is 3.34. The normalized spacial score (nSPS) is 18.1. The standard InChI is InChI=1S/C14H22N3PS/c1-4-5-6-13-11(2)15-14(19-13)16(3)12-7-9-17(18)10-8-12/h4-6,12H,1,7-10,18H2,2-3H3/b6-5-. The van der Waals surface area contributed by atoms with Gasteiger partial charge in [-0.1, -0.05) is 39.5 Å². The number of aryl methyl sites for hydroxylation is 1.